The van der Waals surface area contributed by atoms with E-state index < -0.39 is 0 Å². The van der Waals surface area contributed by atoms with Crippen LogP contribution in [0.2, 0.25) is 0 Å². The first kappa shape index (κ1) is 12.7. The fourth-order valence-corrected chi connectivity index (χ4v) is 2.84. The van der Waals surface area contributed by atoms with Crippen LogP contribution >= 0.6 is 0 Å². The lowest BCUT2D eigenvalue weighted by molar-refractivity contribution is 0.0730. The highest BCUT2D eigenvalue weighted by Crippen LogP contribution is 2.33. The molecule has 1 aliphatic heterocycles. The normalized spacial score (nSPS) is 18.4. The molecule has 104 valence electrons. The molecule has 1 aromatic heterocycles. The summed E-state index contributed by atoms with van der Waals surface area (Å²) in [7, 11) is 1.77. The maximum Gasteiger partial charge on any atom is 0.277 e. The molecule has 2 heterocycles. The molecule has 1 saturated heterocycles. The van der Waals surface area contributed by atoms with Gasteiger partial charge in [0.1, 0.15) is 0 Å². The fraction of sp³-hybridized carbons (Fsp3) is 0.333. The number of likely N-dealkylation sites (tertiary alicyclic amines) is 1. The maximum atomic E-state index is 12.6. The van der Waals surface area contributed by atoms with Crippen molar-refractivity contribution in [1.29, 1.82) is 0 Å². The molecule has 1 aliphatic rings. The molecule has 1 amide bonds. The molecule has 0 saturated carbocycles. The highest BCUT2D eigenvalue weighted by Gasteiger charge is 2.32. The number of amides is 1. The summed E-state index contributed by atoms with van der Waals surface area (Å²) < 4.78 is 1.58. The van der Waals surface area contributed by atoms with E-state index in [9.17, 15) is 4.79 Å². The number of anilines is 1. The van der Waals surface area contributed by atoms with Gasteiger partial charge < -0.3 is 10.6 Å². The number of nitrogens with zero attached hydrogens (tertiary/aromatic N) is 3. The zero-order valence-corrected chi connectivity index (χ0v) is 11.5. The minimum absolute atomic E-state index is 0.0746. The second-order valence-electron chi connectivity index (χ2n) is 5.17. The lowest BCUT2D eigenvalue weighted by atomic mass is 10.0. The van der Waals surface area contributed by atoms with Crippen molar-refractivity contribution in [3.63, 3.8) is 0 Å². The van der Waals surface area contributed by atoms with Crippen LogP contribution in [-0.4, -0.2) is 27.1 Å². The van der Waals surface area contributed by atoms with E-state index in [-0.39, 0.29) is 11.9 Å². The van der Waals surface area contributed by atoms with Gasteiger partial charge in [0.25, 0.3) is 5.91 Å². The summed E-state index contributed by atoms with van der Waals surface area (Å²) in [6.07, 6.45) is 3.67. The Bertz CT molecular complexity index is 620. The molecule has 1 atom stereocenters. The average molecular weight is 270 g/mol. The molecule has 2 N–H and O–H groups in total. The van der Waals surface area contributed by atoms with Crippen LogP contribution in [0.5, 0.6) is 0 Å². The van der Waals surface area contributed by atoms with E-state index in [4.69, 9.17) is 5.73 Å². The number of carbonyl (C=O) groups excluding carboxylic acids is 1. The Morgan fingerprint density at radius 1 is 1.35 bits per heavy atom. The number of carbonyl (C=O) groups is 1. The van der Waals surface area contributed by atoms with E-state index in [0.717, 1.165) is 19.4 Å². The van der Waals surface area contributed by atoms with Gasteiger partial charge in [0.15, 0.2) is 5.69 Å². The number of aryl methyl sites for hydroxylation is 1. The van der Waals surface area contributed by atoms with Gasteiger partial charge in [0.2, 0.25) is 0 Å². The van der Waals surface area contributed by atoms with Gasteiger partial charge in [0.05, 0.1) is 11.7 Å². The SMILES string of the molecule is Cn1cc(N)c(C(=O)N2CCCC2c2ccccc2)n1. The molecular weight excluding hydrogens is 252 g/mol. The second kappa shape index (κ2) is 5.00. The van der Waals surface area contributed by atoms with Crippen LogP contribution < -0.4 is 5.73 Å². The molecule has 20 heavy (non-hydrogen) atoms. The van der Waals surface area contributed by atoms with Crippen LogP contribution in [0.3, 0.4) is 0 Å². The minimum atomic E-state index is -0.0746. The van der Waals surface area contributed by atoms with Crippen LogP contribution in [0, 0.1) is 0 Å². The maximum absolute atomic E-state index is 12.6. The Morgan fingerprint density at radius 2 is 2.10 bits per heavy atom. The average Bonchev–Trinajstić information content (AvgIpc) is 3.05. The van der Waals surface area contributed by atoms with Crippen molar-refractivity contribution in [2.75, 3.05) is 12.3 Å². The van der Waals surface area contributed by atoms with Gasteiger partial charge in [-0.25, -0.2) is 0 Å². The molecule has 3 rings (SSSR count). The minimum Gasteiger partial charge on any atom is -0.396 e. The van der Waals surface area contributed by atoms with E-state index in [0.29, 0.717) is 11.4 Å². The van der Waals surface area contributed by atoms with Gasteiger partial charge in [-0.1, -0.05) is 30.3 Å². The van der Waals surface area contributed by atoms with E-state index in [1.54, 1.807) is 17.9 Å². The molecule has 5 nitrogen and oxygen atoms in total. The predicted octanol–water partition coefficient (Wildman–Crippen LogP) is 1.98. The van der Waals surface area contributed by atoms with Crippen LogP contribution in [0.4, 0.5) is 5.69 Å². The van der Waals surface area contributed by atoms with Crippen molar-refractivity contribution >= 4 is 11.6 Å². The highest BCUT2D eigenvalue weighted by atomic mass is 16.2. The van der Waals surface area contributed by atoms with Crippen molar-refractivity contribution in [1.82, 2.24) is 14.7 Å². The summed E-state index contributed by atoms with van der Waals surface area (Å²) >= 11 is 0. The predicted molar refractivity (Wildman–Crippen MR) is 77.1 cm³/mol. The first-order valence-corrected chi connectivity index (χ1v) is 6.82. The standard InChI is InChI=1S/C15H18N4O/c1-18-10-12(16)14(17-18)15(20)19-9-5-8-13(19)11-6-3-2-4-7-11/h2-4,6-7,10,13H,5,8-9,16H2,1H3. The molecule has 0 radical (unpaired) electrons. The van der Waals surface area contributed by atoms with Gasteiger partial charge in [0, 0.05) is 19.8 Å². The number of rotatable bonds is 2. The van der Waals surface area contributed by atoms with Gasteiger partial charge >= 0.3 is 0 Å². The lowest BCUT2D eigenvalue weighted by Gasteiger charge is -2.24. The summed E-state index contributed by atoms with van der Waals surface area (Å²) in [4.78, 5) is 14.5. The zero-order chi connectivity index (χ0) is 14.1. The van der Waals surface area contributed by atoms with E-state index >= 15 is 0 Å². The van der Waals surface area contributed by atoms with Crippen molar-refractivity contribution < 1.29 is 4.79 Å². The van der Waals surface area contributed by atoms with E-state index in [2.05, 4.69) is 17.2 Å². The molecule has 0 bridgehead atoms. The van der Waals surface area contributed by atoms with Crippen LogP contribution in [0.15, 0.2) is 36.5 Å². The number of hydrogen-bond acceptors (Lipinski definition) is 3. The van der Waals surface area contributed by atoms with Crippen molar-refractivity contribution in [2.24, 2.45) is 7.05 Å². The van der Waals surface area contributed by atoms with Gasteiger partial charge in [-0.2, -0.15) is 5.10 Å². The summed E-state index contributed by atoms with van der Waals surface area (Å²) in [6.45, 7) is 0.758. The van der Waals surface area contributed by atoms with Crippen LogP contribution in [0.25, 0.3) is 0 Å². The molecule has 2 aromatic rings. The summed E-state index contributed by atoms with van der Waals surface area (Å²) in [5.74, 6) is -0.0746. The number of hydrogen-bond donors (Lipinski definition) is 1. The Kier molecular flexibility index (Phi) is 3.18. The third-order valence-corrected chi connectivity index (χ3v) is 3.76. The number of nitrogens with two attached hydrogens (primary N) is 1. The third-order valence-electron chi connectivity index (χ3n) is 3.76. The van der Waals surface area contributed by atoms with Gasteiger partial charge in [-0.15, -0.1) is 0 Å². The van der Waals surface area contributed by atoms with Crippen LogP contribution in [0.1, 0.15) is 34.9 Å². The summed E-state index contributed by atoms with van der Waals surface area (Å²) in [5, 5.41) is 4.18. The van der Waals surface area contributed by atoms with Gasteiger partial charge in [-0.05, 0) is 18.4 Å². The molecule has 5 heteroatoms. The lowest BCUT2D eigenvalue weighted by Crippen LogP contribution is -2.31. The molecule has 1 fully saturated rings. The van der Waals surface area contributed by atoms with E-state index in [1.165, 1.54) is 5.56 Å². The number of benzene rings is 1. The molecule has 1 unspecified atom stereocenters. The monoisotopic (exact) mass is 270 g/mol. The summed E-state index contributed by atoms with van der Waals surface area (Å²) in [5.41, 5.74) is 7.83. The van der Waals surface area contributed by atoms with Crippen LogP contribution in [-0.2, 0) is 7.05 Å². The van der Waals surface area contributed by atoms with Crippen molar-refractivity contribution in [2.45, 2.75) is 18.9 Å². The molecule has 0 aliphatic carbocycles. The Morgan fingerprint density at radius 3 is 2.75 bits per heavy atom. The third kappa shape index (κ3) is 2.15. The molecule has 0 spiro atoms. The smallest absolute Gasteiger partial charge is 0.277 e. The van der Waals surface area contributed by atoms with Crippen molar-refractivity contribution in [3.8, 4) is 0 Å². The van der Waals surface area contributed by atoms with E-state index in [1.807, 2.05) is 23.1 Å². The largest absolute Gasteiger partial charge is 0.396 e. The first-order chi connectivity index (χ1) is 9.66. The van der Waals surface area contributed by atoms with Crippen molar-refractivity contribution in [3.05, 3.63) is 47.8 Å². The quantitative estimate of drug-likeness (QED) is 0.907. The first-order valence-electron chi connectivity index (χ1n) is 6.82. The Hall–Kier alpha value is -2.30. The Balaban J connectivity index is 1.89. The summed E-state index contributed by atoms with van der Waals surface area (Å²) in [6, 6.07) is 10.3. The molecular formula is C15H18N4O. The number of aromatic nitrogens is 2. The number of nitrogen functional groups attached to an aromatic ring is 1. The fourth-order valence-electron chi connectivity index (χ4n) is 2.84. The second-order valence-corrected chi connectivity index (χ2v) is 5.17. The van der Waals surface area contributed by atoms with Gasteiger partial charge in [-0.3, -0.25) is 9.48 Å². The highest BCUT2D eigenvalue weighted by molar-refractivity contribution is 5.97. The topological polar surface area (TPSA) is 64.2 Å². The molecule has 1 aromatic carbocycles. The zero-order valence-electron chi connectivity index (χ0n) is 11.5. The Labute approximate surface area is 118 Å².